The van der Waals surface area contributed by atoms with Gasteiger partial charge in [-0.3, -0.25) is 4.79 Å². The zero-order valence-corrected chi connectivity index (χ0v) is 19.3. The number of piperazine rings is 1. The molecule has 0 radical (unpaired) electrons. The van der Waals surface area contributed by atoms with Crippen molar-refractivity contribution in [3.63, 3.8) is 0 Å². The summed E-state index contributed by atoms with van der Waals surface area (Å²) in [6, 6.07) is 5.07. The molecule has 172 valence electrons. The summed E-state index contributed by atoms with van der Waals surface area (Å²) in [6.45, 7) is 7.46. The lowest BCUT2D eigenvalue weighted by Gasteiger charge is -2.31. The van der Waals surface area contributed by atoms with Gasteiger partial charge >= 0.3 is 6.03 Å². The minimum absolute atomic E-state index is 0.0669. The Hall–Kier alpha value is -2.17. The number of nitrogens with zero attached hydrogens (tertiary/aromatic N) is 3. The Morgan fingerprint density at radius 1 is 1.00 bits per heavy atom. The van der Waals surface area contributed by atoms with E-state index in [0.29, 0.717) is 31.9 Å². The molecule has 0 aliphatic carbocycles. The minimum atomic E-state index is -3.63. The van der Waals surface area contributed by atoms with Gasteiger partial charge in [-0.25, -0.2) is 13.2 Å². The third kappa shape index (κ3) is 5.75. The van der Waals surface area contributed by atoms with Crippen LogP contribution in [0, 0.1) is 5.92 Å². The van der Waals surface area contributed by atoms with Gasteiger partial charge in [0.2, 0.25) is 15.9 Å². The van der Waals surface area contributed by atoms with E-state index in [0.717, 1.165) is 25.9 Å². The maximum absolute atomic E-state index is 13.0. The summed E-state index contributed by atoms with van der Waals surface area (Å²) in [6.07, 6.45) is 1.97. The Kier molecular flexibility index (Phi) is 7.55. The molecule has 0 spiro atoms. The second kappa shape index (κ2) is 9.97. The molecule has 2 heterocycles. The Bertz CT molecular complexity index is 891. The van der Waals surface area contributed by atoms with Gasteiger partial charge in [-0.1, -0.05) is 19.9 Å². The molecular weight excluding hydrogens is 418 g/mol. The molecule has 31 heavy (non-hydrogen) atoms. The molecule has 1 atom stereocenters. The van der Waals surface area contributed by atoms with Gasteiger partial charge in [0, 0.05) is 45.0 Å². The van der Waals surface area contributed by atoms with Crippen molar-refractivity contribution < 1.29 is 18.0 Å². The summed E-state index contributed by atoms with van der Waals surface area (Å²) in [5.74, 6) is -0.142. The highest BCUT2D eigenvalue weighted by Gasteiger charge is 2.30. The van der Waals surface area contributed by atoms with Gasteiger partial charge in [0.1, 0.15) is 6.04 Å². The average Bonchev–Trinajstić information content (AvgIpc) is 3.27. The fourth-order valence-electron chi connectivity index (χ4n) is 3.87. The van der Waals surface area contributed by atoms with Crippen molar-refractivity contribution >= 4 is 27.6 Å². The number of likely N-dealkylation sites (tertiary alicyclic amines) is 1. The quantitative estimate of drug-likeness (QED) is 0.681. The second-order valence-corrected chi connectivity index (χ2v) is 10.5. The van der Waals surface area contributed by atoms with Gasteiger partial charge in [0.05, 0.1) is 4.90 Å². The topological polar surface area (TPSA) is 102 Å². The van der Waals surface area contributed by atoms with Crippen LogP contribution in [0.1, 0.15) is 26.7 Å². The van der Waals surface area contributed by atoms with Crippen LogP contribution in [0.5, 0.6) is 0 Å². The van der Waals surface area contributed by atoms with E-state index in [-0.39, 0.29) is 16.7 Å². The number of likely N-dealkylation sites (N-methyl/N-ethyl adjacent to an activating group) is 1. The summed E-state index contributed by atoms with van der Waals surface area (Å²) in [5.41, 5.74) is 0.365. The van der Waals surface area contributed by atoms with Crippen molar-refractivity contribution in [2.45, 2.75) is 37.6 Å². The van der Waals surface area contributed by atoms with Crippen LogP contribution in [0.2, 0.25) is 0 Å². The zero-order valence-electron chi connectivity index (χ0n) is 18.5. The van der Waals surface area contributed by atoms with Crippen LogP contribution >= 0.6 is 0 Å². The zero-order chi connectivity index (χ0) is 22.6. The van der Waals surface area contributed by atoms with Crippen LogP contribution in [0.3, 0.4) is 0 Å². The van der Waals surface area contributed by atoms with Gasteiger partial charge < -0.3 is 20.4 Å². The Morgan fingerprint density at radius 3 is 2.26 bits per heavy atom. The van der Waals surface area contributed by atoms with Gasteiger partial charge in [0.15, 0.2) is 0 Å². The maximum atomic E-state index is 13.0. The third-order valence-corrected chi connectivity index (χ3v) is 7.72. The van der Waals surface area contributed by atoms with E-state index in [4.69, 9.17) is 0 Å². The lowest BCUT2D eigenvalue weighted by Crippen LogP contribution is -2.51. The summed E-state index contributed by atoms with van der Waals surface area (Å²) in [4.78, 5) is 29.4. The Labute approximate surface area is 184 Å². The Balaban J connectivity index is 1.66. The second-order valence-electron chi connectivity index (χ2n) is 8.59. The van der Waals surface area contributed by atoms with Crippen LogP contribution in [-0.2, 0) is 14.8 Å². The average molecular weight is 452 g/mol. The molecule has 1 aromatic carbocycles. The number of carbonyl (C=O) groups excluding carboxylic acids is 2. The van der Waals surface area contributed by atoms with Crippen LogP contribution in [0.15, 0.2) is 29.2 Å². The standard InChI is InChI=1S/C21H33N5O4S/c1-16(2)19(20(27)25-9-4-5-10-25)23-21(28)22-17-7-6-8-18(15-17)31(29,30)26-13-11-24(3)12-14-26/h6-8,15-16,19H,4-5,9-14H2,1-3H3,(H2,22,23,28)/t19-/m0/s1. The van der Waals surface area contributed by atoms with E-state index in [1.807, 2.05) is 20.9 Å². The fourth-order valence-corrected chi connectivity index (χ4v) is 5.34. The first-order chi connectivity index (χ1) is 14.7. The summed E-state index contributed by atoms with van der Waals surface area (Å²) in [5, 5.41) is 5.44. The fraction of sp³-hybridized carbons (Fsp3) is 0.619. The molecule has 2 aliphatic rings. The highest BCUT2D eigenvalue weighted by Crippen LogP contribution is 2.21. The normalized spacial score (nSPS) is 19.4. The van der Waals surface area contributed by atoms with E-state index in [1.54, 1.807) is 17.0 Å². The monoisotopic (exact) mass is 451 g/mol. The molecule has 2 fully saturated rings. The molecule has 2 N–H and O–H groups in total. The number of anilines is 1. The van der Waals surface area contributed by atoms with Crippen LogP contribution in [0.4, 0.5) is 10.5 Å². The highest BCUT2D eigenvalue weighted by molar-refractivity contribution is 7.89. The maximum Gasteiger partial charge on any atom is 0.319 e. The van der Waals surface area contributed by atoms with Crippen molar-refractivity contribution in [2.75, 3.05) is 51.6 Å². The van der Waals surface area contributed by atoms with E-state index in [1.165, 1.54) is 16.4 Å². The van der Waals surface area contributed by atoms with Crippen LogP contribution in [-0.4, -0.2) is 86.8 Å². The molecular formula is C21H33N5O4S. The lowest BCUT2D eigenvalue weighted by molar-refractivity contribution is -0.133. The molecule has 2 saturated heterocycles. The molecule has 3 rings (SSSR count). The van der Waals surface area contributed by atoms with E-state index < -0.39 is 22.1 Å². The summed E-state index contributed by atoms with van der Waals surface area (Å²) >= 11 is 0. The molecule has 9 nitrogen and oxygen atoms in total. The predicted octanol–water partition coefficient (Wildman–Crippen LogP) is 1.39. The highest BCUT2D eigenvalue weighted by atomic mass is 32.2. The molecule has 1 aromatic rings. The molecule has 3 amide bonds. The summed E-state index contributed by atoms with van der Waals surface area (Å²) < 4.78 is 27.4. The number of sulfonamides is 1. The molecule has 0 aromatic heterocycles. The number of hydrogen-bond acceptors (Lipinski definition) is 5. The first kappa shape index (κ1) is 23.5. The van der Waals surface area contributed by atoms with Gasteiger partial charge in [-0.2, -0.15) is 4.31 Å². The van der Waals surface area contributed by atoms with Crippen LogP contribution in [0.25, 0.3) is 0 Å². The number of rotatable bonds is 6. The number of nitrogens with one attached hydrogen (secondary N) is 2. The molecule has 0 unspecified atom stereocenters. The molecule has 0 bridgehead atoms. The molecule has 10 heteroatoms. The van der Waals surface area contributed by atoms with Gasteiger partial charge in [-0.05, 0) is 44.0 Å². The number of urea groups is 1. The smallest absolute Gasteiger partial charge is 0.319 e. The predicted molar refractivity (Wildman–Crippen MR) is 119 cm³/mol. The van der Waals surface area contributed by atoms with Crippen molar-refractivity contribution in [2.24, 2.45) is 5.92 Å². The first-order valence-electron chi connectivity index (χ1n) is 10.8. The summed E-state index contributed by atoms with van der Waals surface area (Å²) in [7, 11) is -1.67. The van der Waals surface area contributed by atoms with Crippen molar-refractivity contribution in [3.8, 4) is 0 Å². The Morgan fingerprint density at radius 2 is 1.65 bits per heavy atom. The third-order valence-electron chi connectivity index (χ3n) is 5.83. The minimum Gasteiger partial charge on any atom is -0.341 e. The number of amides is 3. The SMILES string of the molecule is CC(C)[C@H](NC(=O)Nc1cccc(S(=O)(=O)N2CCN(C)CC2)c1)C(=O)N1CCCC1. The van der Waals surface area contributed by atoms with E-state index in [2.05, 4.69) is 15.5 Å². The lowest BCUT2D eigenvalue weighted by atomic mass is 10.0. The van der Waals surface area contributed by atoms with Crippen molar-refractivity contribution in [1.82, 2.24) is 19.4 Å². The van der Waals surface area contributed by atoms with E-state index in [9.17, 15) is 18.0 Å². The largest absolute Gasteiger partial charge is 0.341 e. The van der Waals surface area contributed by atoms with Gasteiger partial charge in [0.25, 0.3) is 0 Å². The van der Waals surface area contributed by atoms with Gasteiger partial charge in [-0.15, -0.1) is 0 Å². The number of benzene rings is 1. The number of hydrogen-bond donors (Lipinski definition) is 2. The van der Waals surface area contributed by atoms with Crippen molar-refractivity contribution in [1.29, 1.82) is 0 Å². The number of carbonyl (C=O) groups is 2. The molecule has 0 saturated carbocycles. The molecule has 2 aliphatic heterocycles. The van der Waals surface area contributed by atoms with Crippen molar-refractivity contribution in [3.05, 3.63) is 24.3 Å². The van der Waals surface area contributed by atoms with Crippen LogP contribution < -0.4 is 10.6 Å². The first-order valence-corrected chi connectivity index (χ1v) is 12.3. The van der Waals surface area contributed by atoms with E-state index >= 15 is 0 Å².